The fraction of sp³-hybridized carbons (Fsp3) is 0.375. The summed E-state index contributed by atoms with van der Waals surface area (Å²) in [6, 6.07) is 18.9. The summed E-state index contributed by atoms with van der Waals surface area (Å²) >= 11 is 5.00. The maximum Gasteiger partial charge on any atom is 0.263 e. The number of amides is 1. The topological polar surface area (TPSA) is 49.3 Å². The Morgan fingerprint density at radius 2 is 1.94 bits per heavy atom. The number of anilines is 1. The molecule has 2 aliphatic rings. The van der Waals surface area contributed by atoms with Crippen molar-refractivity contribution in [1.29, 1.82) is 0 Å². The molecule has 1 aliphatic carbocycles. The molecule has 7 heteroatoms. The van der Waals surface area contributed by atoms with E-state index in [1.165, 1.54) is 10.4 Å². The molecule has 2 fully saturated rings. The highest BCUT2D eigenvalue weighted by atomic mass is 79.9. The lowest BCUT2D eigenvalue weighted by atomic mass is 9.96. The van der Waals surface area contributed by atoms with E-state index in [-0.39, 0.29) is 5.91 Å². The Labute approximate surface area is 195 Å². The highest BCUT2D eigenvalue weighted by molar-refractivity contribution is 9.10. The molecule has 3 heterocycles. The molecule has 3 aromatic rings. The summed E-state index contributed by atoms with van der Waals surface area (Å²) in [5.74, 6) is 2.09. The minimum atomic E-state index is 0.185. The number of likely N-dealkylation sites (tertiary alicyclic amines) is 1. The molecule has 0 bridgehead atoms. The Morgan fingerprint density at radius 3 is 2.65 bits per heavy atom. The molecule has 0 N–H and O–H groups in total. The minimum Gasteiger partial charge on any atom is -0.347 e. The van der Waals surface area contributed by atoms with Crippen molar-refractivity contribution in [3.05, 3.63) is 74.5 Å². The molecule has 5 nitrogen and oxygen atoms in total. The third kappa shape index (κ3) is 4.26. The van der Waals surface area contributed by atoms with E-state index >= 15 is 0 Å². The van der Waals surface area contributed by atoms with Crippen molar-refractivity contribution in [2.75, 3.05) is 18.0 Å². The predicted octanol–water partition coefficient (Wildman–Crippen LogP) is 5.17. The van der Waals surface area contributed by atoms with E-state index in [1.54, 1.807) is 11.3 Å². The molecule has 0 radical (unpaired) electrons. The smallest absolute Gasteiger partial charge is 0.263 e. The monoisotopic (exact) mass is 496 g/mol. The number of aryl methyl sites for hydroxylation is 1. The van der Waals surface area contributed by atoms with Crippen LogP contribution < -0.4 is 4.90 Å². The number of fused-ring (bicyclic) bond motifs is 1. The Hall–Kier alpha value is -2.25. The van der Waals surface area contributed by atoms with Gasteiger partial charge in [-0.1, -0.05) is 30.3 Å². The highest BCUT2D eigenvalue weighted by Gasteiger charge is 2.46. The van der Waals surface area contributed by atoms with Gasteiger partial charge in [-0.2, -0.15) is 0 Å². The number of carbonyl (C=O) groups excluding carboxylic acids is 1. The van der Waals surface area contributed by atoms with Crippen molar-refractivity contribution in [1.82, 2.24) is 15.1 Å². The fourth-order valence-electron chi connectivity index (χ4n) is 5.11. The van der Waals surface area contributed by atoms with E-state index in [2.05, 4.69) is 67.1 Å². The first-order valence-corrected chi connectivity index (χ1v) is 12.3. The van der Waals surface area contributed by atoms with Crippen LogP contribution in [0.2, 0.25) is 0 Å². The normalized spacial score (nSPS) is 22.5. The summed E-state index contributed by atoms with van der Waals surface area (Å²) in [5, 5.41) is 8.73. The third-order valence-corrected chi connectivity index (χ3v) is 7.98. The standard InChI is InChI=1S/C24H25BrN4OS/c1-16-7-10-21(31-16)24(30)28-14-18-8-9-20(19(18)15-28)29(13-17-5-3-2-4-6-17)23-12-11-22(25)26-27-23/h2-7,10-12,18-20H,8-9,13-15H2,1H3/t18-,19+,20+/m0/s1. The maximum atomic E-state index is 13.1. The van der Waals surface area contributed by atoms with E-state index in [9.17, 15) is 4.79 Å². The zero-order valence-corrected chi connectivity index (χ0v) is 19.8. The minimum absolute atomic E-state index is 0.185. The van der Waals surface area contributed by atoms with Crippen LogP contribution in [0.15, 0.2) is 59.2 Å². The van der Waals surface area contributed by atoms with Gasteiger partial charge in [0.05, 0.1) is 4.88 Å². The van der Waals surface area contributed by atoms with Gasteiger partial charge in [0.2, 0.25) is 0 Å². The molecule has 3 atom stereocenters. The molecule has 1 saturated carbocycles. The summed E-state index contributed by atoms with van der Waals surface area (Å²) in [5.41, 5.74) is 1.26. The highest BCUT2D eigenvalue weighted by Crippen LogP contribution is 2.42. The van der Waals surface area contributed by atoms with Crippen LogP contribution in [0.5, 0.6) is 0 Å². The van der Waals surface area contributed by atoms with Gasteiger partial charge in [0.15, 0.2) is 5.82 Å². The number of halogens is 1. The average molecular weight is 497 g/mol. The van der Waals surface area contributed by atoms with Crippen LogP contribution in [0.25, 0.3) is 0 Å². The maximum absolute atomic E-state index is 13.1. The largest absolute Gasteiger partial charge is 0.347 e. The van der Waals surface area contributed by atoms with Gasteiger partial charge in [-0.3, -0.25) is 4.79 Å². The Kier molecular flexibility index (Phi) is 5.80. The second-order valence-corrected chi connectivity index (χ2v) is 10.6. The number of nitrogens with zero attached hydrogens (tertiary/aromatic N) is 4. The third-order valence-electron chi connectivity index (χ3n) is 6.57. The molecular formula is C24H25BrN4OS. The van der Waals surface area contributed by atoms with E-state index in [0.717, 1.165) is 47.8 Å². The number of hydrogen-bond donors (Lipinski definition) is 0. The summed E-state index contributed by atoms with van der Waals surface area (Å²) in [6.07, 6.45) is 2.28. The van der Waals surface area contributed by atoms with Crippen LogP contribution in [0.4, 0.5) is 5.82 Å². The molecule has 5 rings (SSSR count). The van der Waals surface area contributed by atoms with Crippen molar-refractivity contribution in [3.8, 4) is 0 Å². The lowest BCUT2D eigenvalue weighted by molar-refractivity contribution is 0.0784. The van der Waals surface area contributed by atoms with Crippen molar-refractivity contribution in [3.63, 3.8) is 0 Å². The van der Waals surface area contributed by atoms with Gasteiger partial charge >= 0.3 is 0 Å². The number of benzene rings is 1. The first kappa shape index (κ1) is 20.6. The summed E-state index contributed by atoms with van der Waals surface area (Å²) in [6.45, 7) is 4.53. The summed E-state index contributed by atoms with van der Waals surface area (Å²) < 4.78 is 0.740. The van der Waals surface area contributed by atoms with Gasteiger partial charge in [0.1, 0.15) is 4.60 Å². The SMILES string of the molecule is Cc1ccc(C(=O)N2C[C@@H]3CC[C@@H](N(Cc4ccccc4)c4ccc(Br)nn4)[C@@H]3C2)s1. The lowest BCUT2D eigenvalue weighted by Crippen LogP contribution is -2.41. The van der Waals surface area contributed by atoms with E-state index in [0.29, 0.717) is 17.9 Å². The van der Waals surface area contributed by atoms with Crippen molar-refractivity contribution in [2.45, 2.75) is 32.4 Å². The predicted molar refractivity (Wildman–Crippen MR) is 127 cm³/mol. The van der Waals surface area contributed by atoms with E-state index < -0.39 is 0 Å². The Bertz CT molecular complexity index is 1050. The second-order valence-electron chi connectivity index (χ2n) is 8.52. The van der Waals surface area contributed by atoms with Crippen molar-refractivity contribution in [2.24, 2.45) is 11.8 Å². The lowest BCUT2D eigenvalue weighted by Gasteiger charge is -2.34. The van der Waals surface area contributed by atoms with Gasteiger partial charge in [-0.25, -0.2) is 0 Å². The number of rotatable bonds is 5. The zero-order valence-electron chi connectivity index (χ0n) is 17.4. The van der Waals surface area contributed by atoms with Crippen LogP contribution in [0, 0.1) is 18.8 Å². The molecule has 1 saturated heterocycles. The quantitative estimate of drug-likeness (QED) is 0.488. The first-order chi connectivity index (χ1) is 15.1. The van der Waals surface area contributed by atoms with Crippen LogP contribution in [-0.4, -0.2) is 40.1 Å². The molecule has 31 heavy (non-hydrogen) atoms. The zero-order chi connectivity index (χ0) is 21.4. The van der Waals surface area contributed by atoms with Crippen LogP contribution >= 0.6 is 27.3 Å². The van der Waals surface area contributed by atoms with Gasteiger partial charge in [-0.15, -0.1) is 21.5 Å². The van der Waals surface area contributed by atoms with Gasteiger partial charge < -0.3 is 9.80 Å². The molecular weight excluding hydrogens is 472 g/mol. The van der Waals surface area contributed by atoms with Gasteiger partial charge in [0.25, 0.3) is 5.91 Å². The number of aromatic nitrogens is 2. The number of thiophene rings is 1. The molecule has 2 aromatic heterocycles. The van der Waals surface area contributed by atoms with Crippen molar-refractivity contribution >= 4 is 39.0 Å². The van der Waals surface area contributed by atoms with Crippen LogP contribution in [-0.2, 0) is 6.54 Å². The molecule has 0 spiro atoms. The first-order valence-electron chi connectivity index (χ1n) is 10.7. The summed E-state index contributed by atoms with van der Waals surface area (Å²) in [7, 11) is 0. The van der Waals surface area contributed by atoms with Gasteiger partial charge in [0, 0.05) is 36.5 Å². The van der Waals surface area contributed by atoms with Crippen molar-refractivity contribution < 1.29 is 4.79 Å². The molecule has 0 unspecified atom stereocenters. The summed E-state index contributed by atoms with van der Waals surface area (Å²) in [4.78, 5) is 19.6. The molecule has 160 valence electrons. The second kappa shape index (κ2) is 8.71. The Morgan fingerprint density at radius 1 is 1.10 bits per heavy atom. The van der Waals surface area contributed by atoms with E-state index in [1.807, 2.05) is 30.3 Å². The molecule has 1 aromatic carbocycles. The van der Waals surface area contributed by atoms with Gasteiger partial charge in [-0.05, 0) is 71.4 Å². The number of carbonyl (C=O) groups is 1. The van der Waals surface area contributed by atoms with E-state index in [4.69, 9.17) is 0 Å². The molecule has 1 aliphatic heterocycles. The van der Waals surface area contributed by atoms with Crippen LogP contribution in [0.3, 0.4) is 0 Å². The fourth-order valence-corrected chi connectivity index (χ4v) is 6.15. The average Bonchev–Trinajstić information content (AvgIpc) is 3.49. The number of hydrogen-bond acceptors (Lipinski definition) is 5. The Balaban J connectivity index is 1.39. The molecule has 1 amide bonds. The van der Waals surface area contributed by atoms with Crippen LogP contribution in [0.1, 0.15) is 33.0 Å².